The molecule has 0 radical (unpaired) electrons. The fourth-order valence-electron chi connectivity index (χ4n) is 2.26. The topological polar surface area (TPSA) is 15.3 Å². The van der Waals surface area contributed by atoms with Crippen molar-refractivity contribution < 1.29 is 8.78 Å². The van der Waals surface area contributed by atoms with Gasteiger partial charge in [-0.1, -0.05) is 6.07 Å². The summed E-state index contributed by atoms with van der Waals surface area (Å²) in [4.78, 5) is 1.64. The first-order chi connectivity index (χ1) is 7.61. The van der Waals surface area contributed by atoms with Gasteiger partial charge in [-0.15, -0.1) is 0 Å². The lowest BCUT2D eigenvalue weighted by Crippen LogP contribution is -2.17. The van der Waals surface area contributed by atoms with Gasteiger partial charge in [0, 0.05) is 20.6 Å². The summed E-state index contributed by atoms with van der Waals surface area (Å²) in [6.45, 7) is 1.78. The maximum absolute atomic E-state index is 13.7. The van der Waals surface area contributed by atoms with Crippen LogP contribution in [0.4, 0.5) is 14.5 Å². The predicted molar refractivity (Wildman–Crippen MR) is 60.9 cm³/mol. The maximum Gasteiger partial charge on any atom is 0.182 e. The Balaban J connectivity index is 2.47. The molecule has 16 heavy (non-hydrogen) atoms. The van der Waals surface area contributed by atoms with Gasteiger partial charge in [-0.3, -0.25) is 0 Å². The average molecular weight is 226 g/mol. The summed E-state index contributed by atoms with van der Waals surface area (Å²) in [7, 11) is 3.48. The molecule has 1 atom stereocenters. The number of hydrogen-bond acceptors (Lipinski definition) is 2. The highest BCUT2D eigenvalue weighted by Crippen LogP contribution is 2.33. The molecule has 0 aromatic heterocycles. The van der Waals surface area contributed by atoms with E-state index < -0.39 is 11.6 Å². The summed E-state index contributed by atoms with van der Waals surface area (Å²) in [5.41, 5.74) is 1.28. The Labute approximate surface area is 94.3 Å². The standard InChI is InChI=1S/C12H16F2N2/c1-16(2)12-9(8-5-6-15-7-8)3-4-10(13)11(12)14/h3-4,8,15H,5-7H2,1-2H3. The number of nitrogens with one attached hydrogen (secondary N) is 1. The molecule has 4 heteroatoms. The van der Waals surface area contributed by atoms with Crippen molar-refractivity contribution in [1.29, 1.82) is 0 Å². The van der Waals surface area contributed by atoms with Gasteiger partial charge in [0.05, 0.1) is 5.69 Å². The Morgan fingerprint density at radius 3 is 2.62 bits per heavy atom. The number of rotatable bonds is 2. The van der Waals surface area contributed by atoms with E-state index in [1.165, 1.54) is 6.07 Å². The molecule has 0 saturated carbocycles. The molecule has 0 aliphatic carbocycles. The molecule has 1 saturated heterocycles. The van der Waals surface area contributed by atoms with E-state index in [0.717, 1.165) is 25.1 Å². The number of hydrogen-bond donors (Lipinski definition) is 1. The molecule has 1 heterocycles. The summed E-state index contributed by atoms with van der Waals surface area (Å²) < 4.78 is 26.9. The van der Waals surface area contributed by atoms with Crippen molar-refractivity contribution in [3.63, 3.8) is 0 Å². The van der Waals surface area contributed by atoms with Gasteiger partial charge < -0.3 is 10.2 Å². The molecule has 1 unspecified atom stereocenters. The highest BCUT2D eigenvalue weighted by atomic mass is 19.2. The molecule has 2 rings (SSSR count). The van der Waals surface area contributed by atoms with E-state index in [-0.39, 0.29) is 5.92 Å². The van der Waals surface area contributed by atoms with Gasteiger partial charge in [0.2, 0.25) is 0 Å². The Hall–Kier alpha value is -1.16. The van der Waals surface area contributed by atoms with Gasteiger partial charge in [-0.05, 0) is 30.5 Å². The summed E-state index contributed by atoms with van der Waals surface area (Å²) in [5, 5.41) is 3.24. The molecule has 0 bridgehead atoms. The lowest BCUT2D eigenvalue weighted by molar-refractivity contribution is 0.506. The van der Waals surface area contributed by atoms with Crippen LogP contribution in [-0.4, -0.2) is 27.2 Å². The van der Waals surface area contributed by atoms with Crippen molar-refractivity contribution in [2.75, 3.05) is 32.1 Å². The summed E-state index contributed by atoms with van der Waals surface area (Å²) in [6, 6.07) is 2.92. The molecule has 0 spiro atoms. The van der Waals surface area contributed by atoms with Crippen molar-refractivity contribution in [3.8, 4) is 0 Å². The molecule has 1 aliphatic heterocycles. The van der Waals surface area contributed by atoms with Crippen LogP contribution in [0.5, 0.6) is 0 Å². The Bertz CT molecular complexity index is 385. The molecular formula is C12H16F2N2. The largest absolute Gasteiger partial charge is 0.375 e. The average Bonchev–Trinajstić information content (AvgIpc) is 2.74. The number of nitrogens with zero attached hydrogens (tertiary/aromatic N) is 1. The third kappa shape index (κ3) is 1.89. The summed E-state index contributed by atoms with van der Waals surface area (Å²) in [5.74, 6) is -1.24. The van der Waals surface area contributed by atoms with Gasteiger partial charge in [0.15, 0.2) is 11.6 Å². The second-order valence-electron chi connectivity index (χ2n) is 4.38. The van der Waals surface area contributed by atoms with Crippen LogP contribution in [0.2, 0.25) is 0 Å². The molecule has 1 aliphatic rings. The summed E-state index contributed by atoms with van der Waals surface area (Å²) in [6.07, 6.45) is 0.978. The first kappa shape index (κ1) is 11.3. The van der Waals surface area contributed by atoms with E-state index in [0.29, 0.717) is 5.69 Å². The van der Waals surface area contributed by atoms with E-state index in [4.69, 9.17) is 0 Å². The van der Waals surface area contributed by atoms with Crippen LogP contribution in [0.15, 0.2) is 12.1 Å². The molecular weight excluding hydrogens is 210 g/mol. The number of benzene rings is 1. The zero-order valence-corrected chi connectivity index (χ0v) is 9.56. The lowest BCUT2D eigenvalue weighted by atomic mass is 9.96. The highest BCUT2D eigenvalue weighted by Gasteiger charge is 2.24. The van der Waals surface area contributed by atoms with Crippen LogP contribution in [0.3, 0.4) is 0 Å². The normalized spacial score (nSPS) is 20.1. The quantitative estimate of drug-likeness (QED) is 0.831. The monoisotopic (exact) mass is 226 g/mol. The first-order valence-corrected chi connectivity index (χ1v) is 5.47. The van der Waals surface area contributed by atoms with Crippen LogP contribution < -0.4 is 10.2 Å². The lowest BCUT2D eigenvalue weighted by Gasteiger charge is -2.21. The van der Waals surface area contributed by atoms with Crippen molar-refractivity contribution in [2.45, 2.75) is 12.3 Å². The molecule has 2 nitrogen and oxygen atoms in total. The minimum atomic E-state index is -0.779. The SMILES string of the molecule is CN(C)c1c(C2CCNC2)ccc(F)c1F. The predicted octanol–water partition coefficient (Wildman–Crippen LogP) is 2.11. The molecule has 0 amide bonds. The fraction of sp³-hybridized carbons (Fsp3) is 0.500. The zero-order valence-electron chi connectivity index (χ0n) is 9.56. The first-order valence-electron chi connectivity index (χ1n) is 5.47. The van der Waals surface area contributed by atoms with Gasteiger partial charge >= 0.3 is 0 Å². The van der Waals surface area contributed by atoms with Gasteiger partial charge in [0.25, 0.3) is 0 Å². The third-order valence-electron chi connectivity index (χ3n) is 3.05. The highest BCUT2D eigenvalue weighted by molar-refractivity contribution is 5.56. The number of anilines is 1. The van der Waals surface area contributed by atoms with Crippen molar-refractivity contribution >= 4 is 5.69 Å². The smallest absolute Gasteiger partial charge is 0.182 e. The van der Waals surface area contributed by atoms with Gasteiger partial charge in [0.1, 0.15) is 0 Å². The number of halogens is 2. The van der Waals surface area contributed by atoms with Gasteiger partial charge in [-0.2, -0.15) is 0 Å². The molecule has 1 fully saturated rings. The zero-order chi connectivity index (χ0) is 11.7. The van der Waals surface area contributed by atoms with E-state index in [1.807, 2.05) is 0 Å². The van der Waals surface area contributed by atoms with Crippen LogP contribution in [0.1, 0.15) is 17.9 Å². The summed E-state index contributed by atoms with van der Waals surface area (Å²) >= 11 is 0. The third-order valence-corrected chi connectivity index (χ3v) is 3.05. The fourth-order valence-corrected chi connectivity index (χ4v) is 2.26. The minimum Gasteiger partial charge on any atom is -0.375 e. The molecule has 1 N–H and O–H groups in total. The van der Waals surface area contributed by atoms with E-state index in [2.05, 4.69) is 5.32 Å². The van der Waals surface area contributed by atoms with Gasteiger partial charge in [-0.25, -0.2) is 8.78 Å². The van der Waals surface area contributed by atoms with Crippen molar-refractivity contribution in [1.82, 2.24) is 5.32 Å². The molecule has 88 valence electrons. The van der Waals surface area contributed by atoms with Crippen LogP contribution in [0, 0.1) is 11.6 Å². The maximum atomic E-state index is 13.7. The van der Waals surface area contributed by atoms with E-state index >= 15 is 0 Å². The van der Waals surface area contributed by atoms with Crippen LogP contribution in [-0.2, 0) is 0 Å². The minimum absolute atomic E-state index is 0.285. The Kier molecular flexibility index (Phi) is 3.10. The Morgan fingerprint density at radius 2 is 2.06 bits per heavy atom. The second kappa shape index (κ2) is 4.37. The van der Waals surface area contributed by atoms with Crippen LogP contribution in [0.25, 0.3) is 0 Å². The van der Waals surface area contributed by atoms with E-state index in [9.17, 15) is 8.78 Å². The molecule has 1 aromatic rings. The van der Waals surface area contributed by atoms with Crippen molar-refractivity contribution in [3.05, 3.63) is 29.3 Å². The van der Waals surface area contributed by atoms with Crippen molar-refractivity contribution in [2.24, 2.45) is 0 Å². The van der Waals surface area contributed by atoms with E-state index in [1.54, 1.807) is 25.1 Å². The van der Waals surface area contributed by atoms with Crippen LogP contribution >= 0.6 is 0 Å². The molecule has 1 aromatic carbocycles. The second-order valence-corrected chi connectivity index (χ2v) is 4.38. The Morgan fingerprint density at radius 1 is 1.31 bits per heavy atom.